The first-order valence-electron chi connectivity index (χ1n) is 7.57. The van der Waals surface area contributed by atoms with Gasteiger partial charge in [0.25, 0.3) is 11.8 Å². The third-order valence-corrected chi connectivity index (χ3v) is 3.97. The van der Waals surface area contributed by atoms with Crippen LogP contribution in [-0.2, 0) is 13.1 Å². The van der Waals surface area contributed by atoms with E-state index in [9.17, 15) is 9.59 Å². The van der Waals surface area contributed by atoms with Gasteiger partial charge < -0.3 is 9.64 Å². The molecule has 126 valence electrons. The zero-order valence-corrected chi connectivity index (χ0v) is 13.2. The predicted molar refractivity (Wildman–Crippen MR) is 83.8 cm³/mol. The number of carbonyl (C=O) groups is 2. The number of methoxy groups -OCH3 is 1. The van der Waals surface area contributed by atoms with Gasteiger partial charge in [-0.15, -0.1) is 0 Å². The van der Waals surface area contributed by atoms with Crippen LogP contribution >= 0.6 is 0 Å². The molecular weight excluding hydrogens is 312 g/mol. The van der Waals surface area contributed by atoms with Crippen molar-refractivity contribution in [2.45, 2.75) is 19.5 Å². The summed E-state index contributed by atoms with van der Waals surface area (Å²) in [6, 6.07) is 8.55. The summed E-state index contributed by atoms with van der Waals surface area (Å²) in [5, 5.41) is 12.9. The summed E-state index contributed by atoms with van der Waals surface area (Å²) in [5.41, 5.74) is 3.04. The van der Waals surface area contributed by atoms with Crippen molar-refractivity contribution in [2.24, 2.45) is 0 Å². The Morgan fingerprint density at radius 3 is 2.67 bits per heavy atom. The van der Waals surface area contributed by atoms with Gasteiger partial charge in [0, 0.05) is 18.7 Å². The first kappa shape index (κ1) is 16.0. The zero-order valence-electron chi connectivity index (χ0n) is 13.2. The normalized spacial score (nSPS) is 13.8. The summed E-state index contributed by atoms with van der Waals surface area (Å²) in [4.78, 5) is 25.9. The Morgan fingerprint density at radius 2 is 2.00 bits per heavy atom. The topological polar surface area (TPSA) is 96.7 Å². The zero-order chi connectivity index (χ0) is 17.1. The SMILES string of the molecule is COc1ccc(C(=O)N2CCCn3nc(C(=O)NO)cc3C2)cc1. The van der Waals surface area contributed by atoms with Gasteiger partial charge in [0.1, 0.15) is 5.75 Å². The standard InChI is InChI=1S/C16H18N4O4/c1-24-13-5-3-11(4-6-13)16(22)19-7-2-8-20-12(10-19)9-14(17-20)15(21)18-23/h3-6,9,23H,2,7-8,10H2,1H3,(H,18,21). The molecule has 2 N–H and O–H groups in total. The number of carbonyl (C=O) groups excluding carboxylic acids is 2. The van der Waals surface area contributed by atoms with E-state index in [0.29, 0.717) is 30.9 Å². The number of fused-ring (bicyclic) bond motifs is 1. The number of nitrogens with one attached hydrogen (secondary N) is 1. The summed E-state index contributed by atoms with van der Waals surface area (Å²) >= 11 is 0. The molecule has 0 aliphatic carbocycles. The maximum absolute atomic E-state index is 12.7. The summed E-state index contributed by atoms with van der Waals surface area (Å²) in [6.45, 7) is 1.58. The number of hydrogen-bond donors (Lipinski definition) is 2. The van der Waals surface area contributed by atoms with E-state index in [-0.39, 0.29) is 11.6 Å². The van der Waals surface area contributed by atoms with Crippen LogP contribution < -0.4 is 10.2 Å². The molecule has 8 nitrogen and oxygen atoms in total. The highest BCUT2D eigenvalue weighted by Gasteiger charge is 2.23. The molecular formula is C16H18N4O4. The highest BCUT2D eigenvalue weighted by Crippen LogP contribution is 2.18. The summed E-state index contributed by atoms with van der Waals surface area (Å²) < 4.78 is 6.80. The Bertz CT molecular complexity index is 754. The van der Waals surface area contributed by atoms with Gasteiger partial charge in [-0.25, -0.2) is 5.48 Å². The molecule has 2 aromatic rings. The number of amides is 2. The second-order valence-corrected chi connectivity index (χ2v) is 5.49. The minimum absolute atomic E-state index is 0.0829. The monoisotopic (exact) mass is 330 g/mol. The number of benzene rings is 1. The number of aromatic nitrogens is 2. The Balaban J connectivity index is 1.80. The van der Waals surface area contributed by atoms with Gasteiger partial charge in [-0.05, 0) is 36.8 Å². The van der Waals surface area contributed by atoms with E-state index in [2.05, 4.69) is 5.10 Å². The van der Waals surface area contributed by atoms with Crippen molar-refractivity contribution in [3.8, 4) is 5.75 Å². The van der Waals surface area contributed by atoms with Gasteiger partial charge in [-0.2, -0.15) is 5.10 Å². The van der Waals surface area contributed by atoms with E-state index in [1.165, 1.54) is 0 Å². The van der Waals surface area contributed by atoms with Gasteiger partial charge in [-0.1, -0.05) is 0 Å². The second kappa shape index (κ2) is 6.71. The van der Waals surface area contributed by atoms with Gasteiger partial charge in [0.15, 0.2) is 5.69 Å². The maximum atomic E-state index is 12.7. The first-order chi connectivity index (χ1) is 11.6. The lowest BCUT2D eigenvalue weighted by atomic mass is 10.2. The Morgan fingerprint density at radius 1 is 1.25 bits per heavy atom. The molecule has 0 bridgehead atoms. The summed E-state index contributed by atoms with van der Waals surface area (Å²) in [5.74, 6) is -0.0517. The summed E-state index contributed by atoms with van der Waals surface area (Å²) in [6.07, 6.45) is 0.733. The van der Waals surface area contributed by atoms with Gasteiger partial charge >= 0.3 is 0 Å². The Labute approximate surface area is 138 Å². The fourth-order valence-electron chi connectivity index (χ4n) is 2.72. The minimum atomic E-state index is -0.663. The van der Waals surface area contributed by atoms with E-state index >= 15 is 0 Å². The summed E-state index contributed by atoms with van der Waals surface area (Å²) in [7, 11) is 1.58. The number of ether oxygens (including phenoxy) is 1. The van der Waals surface area contributed by atoms with Crippen LogP contribution in [0.25, 0.3) is 0 Å². The molecule has 0 unspecified atom stereocenters. The number of hydroxylamine groups is 1. The average molecular weight is 330 g/mol. The van der Waals surface area contributed by atoms with Crippen molar-refractivity contribution in [1.29, 1.82) is 0 Å². The Kier molecular flexibility index (Phi) is 4.48. The largest absolute Gasteiger partial charge is 0.497 e. The molecule has 0 spiro atoms. The first-order valence-corrected chi connectivity index (χ1v) is 7.57. The van der Waals surface area contributed by atoms with Gasteiger partial charge in [0.05, 0.1) is 19.3 Å². The number of nitrogens with zero attached hydrogens (tertiary/aromatic N) is 3. The van der Waals surface area contributed by atoms with E-state index in [1.54, 1.807) is 52.5 Å². The molecule has 1 aromatic heterocycles. The predicted octanol–water partition coefficient (Wildman–Crippen LogP) is 1.06. The highest BCUT2D eigenvalue weighted by atomic mass is 16.5. The third-order valence-electron chi connectivity index (χ3n) is 3.97. The van der Waals surface area contributed by atoms with Crippen molar-refractivity contribution in [1.82, 2.24) is 20.2 Å². The fraction of sp³-hybridized carbons (Fsp3) is 0.312. The van der Waals surface area contributed by atoms with Crippen molar-refractivity contribution < 1.29 is 19.5 Å². The molecule has 1 aliphatic rings. The third kappa shape index (κ3) is 3.09. The van der Waals surface area contributed by atoms with Crippen LogP contribution in [0.15, 0.2) is 30.3 Å². The molecule has 0 radical (unpaired) electrons. The fourth-order valence-corrected chi connectivity index (χ4v) is 2.72. The molecule has 0 atom stereocenters. The number of aryl methyl sites for hydroxylation is 1. The van der Waals surface area contributed by atoms with Crippen LogP contribution in [0.5, 0.6) is 5.75 Å². The molecule has 0 saturated carbocycles. The molecule has 8 heteroatoms. The smallest absolute Gasteiger partial charge is 0.295 e. The van der Waals surface area contributed by atoms with Crippen LogP contribution in [0, 0.1) is 0 Å². The lowest BCUT2D eigenvalue weighted by Gasteiger charge is -2.20. The van der Waals surface area contributed by atoms with Crippen molar-refractivity contribution in [3.63, 3.8) is 0 Å². The maximum Gasteiger partial charge on any atom is 0.295 e. The van der Waals surface area contributed by atoms with E-state index in [1.807, 2.05) is 0 Å². The van der Waals surface area contributed by atoms with Crippen molar-refractivity contribution in [3.05, 3.63) is 47.3 Å². The molecule has 0 saturated heterocycles. The van der Waals surface area contributed by atoms with E-state index < -0.39 is 5.91 Å². The van der Waals surface area contributed by atoms with E-state index in [0.717, 1.165) is 12.1 Å². The van der Waals surface area contributed by atoms with E-state index in [4.69, 9.17) is 9.94 Å². The van der Waals surface area contributed by atoms with Gasteiger partial charge in [-0.3, -0.25) is 19.5 Å². The molecule has 2 amide bonds. The number of rotatable bonds is 3. The number of hydrogen-bond acceptors (Lipinski definition) is 5. The van der Waals surface area contributed by atoms with Crippen LogP contribution in [0.4, 0.5) is 0 Å². The Hall–Kier alpha value is -2.87. The second-order valence-electron chi connectivity index (χ2n) is 5.49. The van der Waals surface area contributed by atoms with Crippen LogP contribution in [0.1, 0.15) is 33.0 Å². The van der Waals surface area contributed by atoms with Crippen molar-refractivity contribution >= 4 is 11.8 Å². The molecule has 0 fully saturated rings. The molecule has 24 heavy (non-hydrogen) atoms. The molecule has 2 heterocycles. The molecule has 1 aliphatic heterocycles. The van der Waals surface area contributed by atoms with Crippen LogP contribution in [-0.4, -0.2) is 45.4 Å². The van der Waals surface area contributed by atoms with Gasteiger partial charge in [0.2, 0.25) is 0 Å². The lowest BCUT2D eigenvalue weighted by Crippen LogP contribution is -2.30. The lowest BCUT2D eigenvalue weighted by molar-refractivity contribution is 0.0699. The molecule has 1 aromatic carbocycles. The van der Waals surface area contributed by atoms with Crippen LogP contribution in [0.2, 0.25) is 0 Å². The highest BCUT2D eigenvalue weighted by molar-refractivity contribution is 5.94. The average Bonchev–Trinajstić information content (AvgIpc) is 2.92. The van der Waals surface area contributed by atoms with Crippen LogP contribution in [0.3, 0.4) is 0 Å². The quantitative estimate of drug-likeness (QED) is 0.648. The minimum Gasteiger partial charge on any atom is -0.497 e. The molecule has 3 rings (SSSR count). The van der Waals surface area contributed by atoms with Crippen molar-refractivity contribution in [2.75, 3.05) is 13.7 Å².